The monoisotopic (exact) mass is 447 g/mol. The average molecular weight is 447 g/mol. The highest BCUT2D eigenvalue weighted by molar-refractivity contribution is 5.95. The number of rotatable bonds is 14. The maximum absolute atomic E-state index is 12.3. The molecule has 0 radical (unpaired) electrons. The lowest BCUT2D eigenvalue weighted by Gasteiger charge is -2.21. The molecule has 176 valence electrons. The summed E-state index contributed by atoms with van der Waals surface area (Å²) in [6, 6.07) is -4.30. The van der Waals surface area contributed by atoms with E-state index >= 15 is 0 Å². The average Bonchev–Trinajstić information content (AvgIpc) is 2.67. The molecule has 0 aliphatic rings. The van der Waals surface area contributed by atoms with E-state index in [1.165, 1.54) is 0 Å². The molecule has 4 amide bonds. The SMILES string of the molecule is CC(C)C[C@H](NC(=O)CN)C(=O)NCC(=O)N[C@@H](CC(=O)O)C(=O)N[C@@H](CO)C(=O)O. The predicted octanol–water partition coefficient (Wildman–Crippen LogP) is -3.89. The van der Waals surface area contributed by atoms with Crippen molar-refractivity contribution in [2.45, 2.75) is 44.8 Å². The Balaban J connectivity index is 5.01. The van der Waals surface area contributed by atoms with Gasteiger partial charge < -0.3 is 42.3 Å². The largest absolute Gasteiger partial charge is 0.481 e. The Bertz CT molecular complexity index is 683. The van der Waals surface area contributed by atoms with Crippen molar-refractivity contribution in [1.82, 2.24) is 21.3 Å². The Morgan fingerprint density at radius 1 is 0.839 bits per heavy atom. The van der Waals surface area contributed by atoms with Crippen LogP contribution in [0.5, 0.6) is 0 Å². The first-order chi connectivity index (χ1) is 14.4. The maximum atomic E-state index is 12.3. The summed E-state index contributed by atoms with van der Waals surface area (Å²) in [5.74, 6) is -6.31. The van der Waals surface area contributed by atoms with Crippen LogP contribution in [0.2, 0.25) is 0 Å². The molecule has 0 heterocycles. The Labute approximate surface area is 177 Å². The normalized spacial score (nSPS) is 13.5. The number of carbonyl (C=O) groups is 6. The maximum Gasteiger partial charge on any atom is 0.328 e. The van der Waals surface area contributed by atoms with Gasteiger partial charge in [0.25, 0.3) is 0 Å². The summed E-state index contributed by atoms with van der Waals surface area (Å²) in [5.41, 5.74) is 5.21. The van der Waals surface area contributed by atoms with Gasteiger partial charge in [0.05, 0.1) is 26.1 Å². The Hall–Kier alpha value is -3.26. The van der Waals surface area contributed by atoms with Crippen molar-refractivity contribution in [3.05, 3.63) is 0 Å². The zero-order valence-electron chi connectivity index (χ0n) is 17.2. The smallest absolute Gasteiger partial charge is 0.328 e. The van der Waals surface area contributed by atoms with Crippen LogP contribution in [-0.2, 0) is 28.8 Å². The first kappa shape index (κ1) is 27.7. The van der Waals surface area contributed by atoms with Crippen LogP contribution in [0, 0.1) is 5.92 Å². The summed E-state index contributed by atoms with van der Waals surface area (Å²) < 4.78 is 0. The van der Waals surface area contributed by atoms with E-state index in [1.807, 2.05) is 19.2 Å². The summed E-state index contributed by atoms with van der Waals surface area (Å²) in [6.07, 6.45) is -0.604. The second kappa shape index (κ2) is 13.9. The van der Waals surface area contributed by atoms with E-state index in [-0.39, 0.29) is 18.9 Å². The summed E-state index contributed by atoms with van der Waals surface area (Å²) >= 11 is 0. The van der Waals surface area contributed by atoms with Gasteiger partial charge in [0, 0.05) is 0 Å². The van der Waals surface area contributed by atoms with Gasteiger partial charge in [-0.05, 0) is 12.3 Å². The lowest BCUT2D eigenvalue weighted by molar-refractivity contribution is -0.144. The van der Waals surface area contributed by atoms with Crippen LogP contribution in [0.4, 0.5) is 0 Å². The number of aliphatic carboxylic acids is 2. The molecule has 14 nitrogen and oxygen atoms in total. The number of carbonyl (C=O) groups excluding carboxylic acids is 4. The fourth-order valence-corrected chi connectivity index (χ4v) is 2.33. The number of nitrogens with one attached hydrogen (secondary N) is 4. The number of aliphatic hydroxyl groups excluding tert-OH is 1. The van der Waals surface area contributed by atoms with Gasteiger partial charge in [-0.3, -0.25) is 24.0 Å². The van der Waals surface area contributed by atoms with Crippen LogP contribution in [0.25, 0.3) is 0 Å². The lowest BCUT2D eigenvalue weighted by Crippen LogP contribution is -2.55. The lowest BCUT2D eigenvalue weighted by atomic mass is 10.0. The first-order valence-corrected chi connectivity index (χ1v) is 9.33. The third-order valence-corrected chi connectivity index (χ3v) is 3.79. The predicted molar refractivity (Wildman–Crippen MR) is 104 cm³/mol. The van der Waals surface area contributed by atoms with Crippen molar-refractivity contribution < 1.29 is 44.1 Å². The third kappa shape index (κ3) is 11.5. The van der Waals surface area contributed by atoms with Crippen LogP contribution >= 0.6 is 0 Å². The van der Waals surface area contributed by atoms with E-state index in [1.54, 1.807) is 0 Å². The second-order valence-electron chi connectivity index (χ2n) is 6.97. The van der Waals surface area contributed by atoms with Gasteiger partial charge in [0.15, 0.2) is 0 Å². The van der Waals surface area contributed by atoms with Crippen LogP contribution in [0.1, 0.15) is 26.7 Å². The molecule has 0 rings (SSSR count). The molecule has 0 fully saturated rings. The van der Waals surface area contributed by atoms with Crippen molar-refractivity contribution >= 4 is 35.6 Å². The van der Waals surface area contributed by atoms with E-state index in [0.29, 0.717) is 0 Å². The summed E-state index contributed by atoms with van der Waals surface area (Å²) in [7, 11) is 0. The summed E-state index contributed by atoms with van der Waals surface area (Å²) in [5, 5.41) is 35.4. The van der Waals surface area contributed by atoms with E-state index in [4.69, 9.17) is 21.1 Å². The number of amides is 4. The van der Waals surface area contributed by atoms with Crippen molar-refractivity contribution in [3.8, 4) is 0 Å². The Morgan fingerprint density at radius 2 is 1.42 bits per heavy atom. The molecular formula is C17H29N5O9. The molecule has 0 bridgehead atoms. The van der Waals surface area contributed by atoms with Gasteiger partial charge in [-0.25, -0.2) is 4.79 Å². The van der Waals surface area contributed by atoms with Crippen LogP contribution in [0.15, 0.2) is 0 Å². The second-order valence-corrected chi connectivity index (χ2v) is 6.97. The van der Waals surface area contributed by atoms with E-state index in [2.05, 4.69) is 16.0 Å². The molecule has 0 aromatic rings. The molecule has 0 unspecified atom stereocenters. The Kier molecular flexibility index (Phi) is 12.4. The summed E-state index contributed by atoms with van der Waals surface area (Å²) in [6.45, 7) is 1.70. The van der Waals surface area contributed by atoms with E-state index < -0.39 is 73.3 Å². The van der Waals surface area contributed by atoms with Crippen molar-refractivity contribution in [3.63, 3.8) is 0 Å². The van der Waals surface area contributed by atoms with Gasteiger partial charge in [-0.2, -0.15) is 0 Å². The number of aliphatic hydroxyl groups is 1. The summed E-state index contributed by atoms with van der Waals surface area (Å²) in [4.78, 5) is 69.8. The first-order valence-electron chi connectivity index (χ1n) is 9.33. The fourth-order valence-electron chi connectivity index (χ4n) is 2.33. The molecular weight excluding hydrogens is 418 g/mol. The zero-order chi connectivity index (χ0) is 24.1. The van der Waals surface area contributed by atoms with Gasteiger partial charge in [0.1, 0.15) is 18.1 Å². The minimum atomic E-state index is -1.69. The molecule has 31 heavy (non-hydrogen) atoms. The molecule has 0 spiro atoms. The Morgan fingerprint density at radius 3 is 1.87 bits per heavy atom. The van der Waals surface area contributed by atoms with Gasteiger partial charge in [-0.15, -0.1) is 0 Å². The minimum Gasteiger partial charge on any atom is -0.481 e. The van der Waals surface area contributed by atoms with E-state index in [0.717, 1.165) is 0 Å². The molecule has 9 N–H and O–H groups in total. The zero-order valence-corrected chi connectivity index (χ0v) is 17.2. The molecule has 0 aliphatic heterocycles. The van der Waals surface area contributed by atoms with Gasteiger partial charge >= 0.3 is 11.9 Å². The number of carboxylic acid groups (broad SMARTS) is 2. The van der Waals surface area contributed by atoms with Crippen LogP contribution in [-0.4, -0.2) is 88.7 Å². The highest BCUT2D eigenvalue weighted by Gasteiger charge is 2.28. The highest BCUT2D eigenvalue weighted by atomic mass is 16.4. The van der Waals surface area contributed by atoms with Crippen LogP contribution < -0.4 is 27.0 Å². The third-order valence-electron chi connectivity index (χ3n) is 3.79. The minimum absolute atomic E-state index is 0.0278. The number of nitrogens with two attached hydrogens (primary N) is 1. The van der Waals surface area contributed by atoms with Crippen molar-refractivity contribution in [2.24, 2.45) is 11.7 Å². The van der Waals surface area contributed by atoms with Crippen LogP contribution in [0.3, 0.4) is 0 Å². The van der Waals surface area contributed by atoms with E-state index in [9.17, 15) is 28.8 Å². The molecule has 14 heteroatoms. The molecule has 0 saturated heterocycles. The quantitative estimate of drug-likeness (QED) is 0.129. The number of hydrogen-bond acceptors (Lipinski definition) is 8. The molecule has 0 aromatic heterocycles. The molecule has 0 aromatic carbocycles. The van der Waals surface area contributed by atoms with Crippen molar-refractivity contribution in [1.29, 1.82) is 0 Å². The number of carboxylic acids is 2. The molecule has 0 saturated carbocycles. The molecule has 0 aliphatic carbocycles. The van der Waals surface area contributed by atoms with Crippen molar-refractivity contribution in [2.75, 3.05) is 19.7 Å². The van der Waals surface area contributed by atoms with Gasteiger partial charge in [0.2, 0.25) is 23.6 Å². The number of hydrogen-bond donors (Lipinski definition) is 8. The fraction of sp³-hybridized carbons (Fsp3) is 0.647. The molecule has 3 atom stereocenters. The highest BCUT2D eigenvalue weighted by Crippen LogP contribution is 2.05. The standard InChI is InChI=1S/C17H29N5O9/c1-8(2)3-9(20-12(24)5-18)15(28)19-6-13(25)21-10(4-14(26)27)16(29)22-11(7-23)17(30)31/h8-11,23H,3-7,18H2,1-2H3,(H,19,28)(H,20,24)(H,21,25)(H,22,29)(H,26,27)(H,30,31)/t9-,10-,11-/m0/s1. The topological polar surface area (TPSA) is 237 Å². The van der Waals surface area contributed by atoms with Gasteiger partial charge in [-0.1, -0.05) is 13.8 Å².